The molecule has 136 valence electrons. The highest BCUT2D eigenvalue weighted by molar-refractivity contribution is 5.86. The summed E-state index contributed by atoms with van der Waals surface area (Å²) in [6, 6.07) is 13.2. The van der Waals surface area contributed by atoms with E-state index in [4.69, 9.17) is 14.0 Å². The van der Waals surface area contributed by atoms with Crippen molar-refractivity contribution in [1.82, 2.24) is 10.1 Å². The van der Waals surface area contributed by atoms with Gasteiger partial charge in [-0.05, 0) is 36.8 Å². The highest BCUT2D eigenvalue weighted by Crippen LogP contribution is 2.28. The summed E-state index contributed by atoms with van der Waals surface area (Å²) < 4.78 is 15.9. The van der Waals surface area contributed by atoms with Gasteiger partial charge in [0.15, 0.2) is 17.1 Å². The summed E-state index contributed by atoms with van der Waals surface area (Å²) in [5.41, 5.74) is 2.33. The molecule has 3 rings (SSSR count). The van der Waals surface area contributed by atoms with Crippen molar-refractivity contribution in [3.63, 3.8) is 0 Å². The van der Waals surface area contributed by atoms with Crippen molar-refractivity contribution >= 4 is 16.9 Å². The number of benzene rings is 2. The minimum atomic E-state index is 0.00124. The zero-order valence-corrected chi connectivity index (χ0v) is 15.2. The van der Waals surface area contributed by atoms with Crippen LogP contribution < -0.4 is 9.47 Å². The Kier molecular flexibility index (Phi) is 5.41. The number of aromatic nitrogens is 1. The summed E-state index contributed by atoms with van der Waals surface area (Å²) in [5, 5.41) is 4.93. The molecule has 6 heteroatoms. The van der Waals surface area contributed by atoms with Crippen molar-refractivity contribution < 1.29 is 18.8 Å². The van der Waals surface area contributed by atoms with Crippen LogP contribution in [0.4, 0.5) is 0 Å². The molecule has 3 aromatic rings. The zero-order valence-electron chi connectivity index (χ0n) is 15.2. The number of nitrogens with zero attached hydrogens (tertiary/aromatic N) is 2. The first kappa shape index (κ1) is 17.8. The lowest BCUT2D eigenvalue weighted by Crippen LogP contribution is -2.31. The number of para-hydroxylation sites is 1. The highest BCUT2D eigenvalue weighted by atomic mass is 16.5. The first-order valence-corrected chi connectivity index (χ1v) is 8.48. The standard InChI is InChI=1S/C20H22N2O4/c1-4-22(13-14-9-10-18(24-2)19(11-14)25-3)20(23)12-16-15-7-5-6-8-17(15)26-21-16/h5-11H,4,12-13H2,1-3H3. The van der Waals surface area contributed by atoms with E-state index in [2.05, 4.69) is 5.16 Å². The average molecular weight is 354 g/mol. The fourth-order valence-electron chi connectivity index (χ4n) is 2.90. The van der Waals surface area contributed by atoms with E-state index in [-0.39, 0.29) is 12.3 Å². The second-order valence-electron chi connectivity index (χ2n) is 5.90. The van der Waals surface area contributed by atoms with Crippen molar-refractivity contribution in [3.05, 3.63) is 53.7 Å². The Morgan fingerprint density at radius 2 is 1.88 bits per heavy atom. The maximum atomic E-state index is 12.8. The number of ether oxygens (including phenoxy) is 2. The molecule has 6 nitrogen and oxygen atoms in total. The summed E-state index contributed by atoms with van der Waals surface area (Å²) in [7, 11) is 3.20. The van der Waals surface area contributed by atoms with Gasteiger partial charge in [0.25, 0.3) is 0 Å². The molecule has 2 aromatic carbocycles. The molecule has 1 amide bonds. The van der Waals surface area contributed by atoms with Crippen molar-refractivity contribution in [2.75, 3.05) is 20.8 Å². The smallest absolute Gasteiger partial charge is 0.229 e. The van der Waals surface area contributed by atoms with Gasteiger partial charge in [0.2, 0.25) is 5.91 Å². The lowest BCUT2D eigenvalue weighted by molar-refractivity contribution is -0.130. The molecule has 0 bridgehead atoms. The number of fused-ring (bicyclic) bond motifs is 1. The van der Waals surface area contributed by atoms with E-state index < -0.39 is 0 Å². The van der Waals surface area contributed by atoms with Gasteiger partial charge in [0.1, 0.15) is 5.69 Å². The Morgan fingerprint density at radius 1 is 1.12 bits per heavy atom. The van der Waals surface area contributed by atoms with Crippen LogP contribution in [-0.2, 0) is 17.8 Å². The van der Waals surface area contributed by atoms with E-state index >= 15 is 0 Å². The van der Waals surface area contributed by atoms with Gasteiger partial charge in [-0.2, -0.15) is 0 Å². The normalized spacial score (nSPS) is 10.7. The van der Waals surface area contributed by atoms with E-state index in [1.54, 1.807) is 19.1 Å². The van der Waals surface area contributed by atoms with E-state index in [1.165, 1.54) is 0 Å². The molecule has 1 aromatic heterocycles. The Labute approximate surface area is 152 Å². The summed E-state index contributed by atoms with van der Waals surface area (Å²) >= 11 is 0. The SMILES string of the molecule is CCN(Cc1ccc(OC)c(OC)c1)C(=O)Cc1noc2ccccc12. The molecule has 0 N–H and O–H groups in total. The third-order valence-corrected chi connectivity index (χ3v) is 4.33. The molecular formula is C20H22N2O4. The zero-order chi connectivity index (χ0) is 18.5. The van der Waals surface area contributed by atoms with Gasteiger partial charge in [-0.25, -0.2) is 0 Å². The molecule has 0 radical (unpaired) electrons. The number of methoxy groups -OCH3 is 2. The van der Waals surface area contributed by atoms with Crippen molar-refractivity contribution in [1.29, 1.82) is 0 Å². The molecule has 0 aliphatic heterocycles. The van der Waals surface area contributed by atoms with Crippen LogP contribution >= 0.6 is 0 Å². The Morgan fingerprint density at radius 3 is 2.62 bits per heavy atom. The quantitative estimate of drug-likeness (QED) is 0.650. The number of hydrogen-bond donors (Lipinski definition) is 0. The van der Waals surface area contributed by atoms with E-state index in [9.17, 15) is 4.79 Å². The Balaban J connectivity index is 1.75. The van der Waals surface area contributed by atoms with E-state index in [0.717, 1.165) is 10.9 Å². The first-order chi connectivity index (χ1) is 12.7. The lowest BCUT2D eigenvalue weighted by atomic mass is 10.1. The maximum absolute atomic E-state index is 12.8. The summed E-state index contributed by atoms with van der Waals surface area (Å²) in [6.45, 7) is 3.05. The van der Waals surface area contributed by atoms with Crippen LogP contribution in [0.25, 0.3) is 11.0 Å². The molecular weight excluding hydrogens is 332 g/mol. The minimum absolute atomic E-state index is 0.00124. The van der Waals surface area contributed by atoms with Crippen LogP contribution in [0, 0.1) is 0 Å². The first-order valence-electron chi connectivity index (χ1n) is 8.48. The predicted molar refractivity (Wildman–Crippen MR) is 98.4 cm³/mol. The van der Waals surface area contributed by atoms with Gasteiger partial charge in [-0.1, -0.05) is 23.4 Å². The van der Waals surface area contributed by atoms with Gasteiger partial charge < -0.3 is 18.9 Å². The number of amides is 1. The van der Waals surface area contributed by atoms with Crippen LogP contribution in [0.3, 0.4) is 0 Å². The van der Waals surface area contributed by atoms with E-state index in [1.807, 2.05) is 49.4 Å². The fourth-order valence-corrected chi connectivity index (χ4v) is 2.90. The summed E-state index contributed by atoms with van der Waals surface area (Å²) in [6.07, 6.45) is 0.206. The van der Waals surface area contributed by atoms with Crippen molar-refractivity contribution in [2.24, 2.45) is 0 Å². The average Bonchev–Trinajstić information content (AvgIpc) is 3.08. The van der Waals surface area contributed by atoms with Crippen LogP contribution in [0.15, 0.2) is 47.0 Å². The number of rotatable bonds is 7. The second kappa shape index (κ2) is 7.91. The van der Waals surface area contributed by atoms with E-state index in [0.29, 0.717) is 35.9 Å². The molecule has 0 spiro atoms. The molecule has 0 saturated carbocycles. The van der Waals surface area contributed by atoms with Gasteiger partial charge in [0, 0.05) is 18.5 Å². The van der Waals surface area contributed by atoms with Gasteiger partial charge in [0.05, 0.1) is 20.6 Å². The molecule has 0 unspecified atom stereocenters. The molecule has 0 aliphatic carbocycles. The number of likely N-dealkylation sites (N-methyl/N-ethyl adjacent to an activating group) is 1. The minimum Gasteiger partial charge on any atom is -0.493 e. The monoisotopic (exact) mass is 354 g/mol. The lowest BCUT2D eigenvalue weighted by Gasteiger charge is -2.21. The fraction of sp³-hybridized carbons (Fsp3) is 0.300. The molecule has 1 heterocycles. The largest absolute Gasteiger partial charge is 0.493 e. The molecule has 0 saturated heterocycles. The van der Waals surface area contributed by atoms with Crippen LogP contribution in [0.2, 0.25) is 0 Å². The molecule has 0 atom stereocenters. The second-order valence-corrected chi connectivity index (χ2v) is 5.90. The summed E-state index contributed by atoms with van der Waals surface area (Å²) in [5.74, 6) is 1.32. The van der Waals surface area contributed by atoms with Crippen LogP contribution in [-0.4, -0.2) is 36.7 Å². The number of carbonyl (C=O) groups excluding carboxylic acids is 1. The molecule has 0 aliphatic rings. The third-order valence-electron chi connectivity index (χ3n) is 4.33. The Hall–Kier alpha value is -3.02. The van der Waals surface area contributed by atoms with Crippen LogP contribution in [0.1, 0.15) is 18.2 Å². The third kappa shape index (κ3) is 3.64. The predicted octanol–water partition coefficient (Wildman–Crippen LogP) is 3.44. The number of hydrogen-bond acceptors (Lipinski definition) is 5. The van der Waals surface area contributed by atoms with Crippen molar-refractivity contribution in [3.8, 4) is 11.5 Å². The molecule has 0 fully saturated rings. The van der Waals surface area contributed by atoms with Gasteiger partial charge in [-0.3, -0.25) is 4.79 Å². The number of carbonyl (C=O) groups is 1. The van der Waals surface area contributed by atoms with Crippen LogP contribution in [0.5, 0.6) is 11.5 Å². The summed E-state index contributed by atoms with van der Waals surface area (Å²) in [4.78, 5) is 14.5. The highest BCUT2D eigenvalue weighted by Gasteiger charge is 2.18. The van der Waals surface area contributed by atoms with Crippen molar-refractivity contribution in [2.45, 2.75) is 19.9 Å². The van der Waals surface area contributed by atoms with Gasteiger partial charge >= 0.3 is 0 Å². The topological polar surface area (TPSA) is 64.8 Å². The Bertz CT molecular complexity index is 904. The molecule has 26 heavy (non-hydrogen) atoms. The van der Waals surface area contributed by atoms with Gasteiger partial charge in [-0.15, -0.1) is 0 Å². The maximum Gasteiger partial charge on any atom is 0.229 e.